The fourth-order valence-electron chi connectivity index (χ4n) is 3.48. The van der Waals surface area contributed by atoms with Gasteiger partial charge in [0.1, 0.15) is 18.7 Å². The van der Waals surface area contributed by atoms with Gasteiger partial charge < -0.3 is 4.90 Å². The summed E-state index contributed by atoms with van der Waals surface area (Å²) < 4.78 is 5.85. The minimum atomic E-state index is 0.253. The second-order valence-electron chi connectivity index (χ2n) is 7.62. The molecule has 4 aromatic rings. The van der Waals surface area contributed by atoms with Crippen molar-refractivity contribution in [2.24, 2.45) is 0 Å². The molecule has 8 nitrogen and oxygen atoms in total. The smallest absolute Gasteiger partial charge is 0.225 e. The second kappa shape index (κ2) is 8.29. The Bertz CT molecular complexity index is 1190. The number of nitrogens with zero attached hydrogens (tertiary/aromatic N) is 7. The van der Waals surface area contributed by atoms with E-state index in [1.165, 1.54) is 22.4 Å². The van der Waals surface area contributed by atoms with Crippen LogP contribution in [0.3, 0.4) is 0 Å². The summed E-state index contributed by atoms with van der Waals surface area (Å²) in [6.45, 7) is 6.95. The molecule has 0 fully saturated rings. The van der Waals surface area contributed by atoms with Crippen LogP contribution in [0, 0.1) is 18.6 Å². The largest absolute Gasteiger partial charge is 0.313 e. The number of hydrogen-bond acceptors (Lipinski definition) is 5. The summed E-state index contributed by atoms with van der Waals surface area (Å²) in [6, 6.07) is 14.8. The molecule has 1 unspecified atom stereocenters. The molecule has 4 rings (SSSR count). The molecule has 2 aromatic heterocycles. The number of rotatable bonds is 6. The first-order valence-electron chi connectivity index (χ1n) is 9.82. The maximum atomic E-state index is 5.66. The predicted molar refractivity (Wildman–Crippen MR) is 116 cm³/mol. The van der Waals surface area contributed by atoms with Crippen LogP contribution in [0.15, 0.2) is 55.1 Å². The molecule has 154 valence electrons. The first-order chi connectivity index (χ1) is 14.4. The van der Waals surface area contributed by atoms with Crippen molar-refractivity contribution in [3.05, 3.63) is 76.6 Å². The Hall–Kier alpha value is -3.17. The van der Waals surface area contributed by atoms with Crippen LogP contribution in [-0.2, 0) is 6.67 Å². The molecule has 2 aromatic carbocycles. The van der Waals surface area contributed by atoms with E-state index in [2.05, 4.69) is 84.7 Å². The minimum Gasteiger partial charge on any atom is -0.313 e. The monoisotopic (exact) mass is 421 g/mol. The van der Waals surface area contributed by atoms with Crippen molar-refractivity contribution < 1.29 is 4.90 Å². The van der Waals surface area contributed by atoms with Crippen molar-refractivity contribution >= 4 is 12.2 Å². The van der Waals surface area contributed by atoms with Gasteiger partial charge in [-0.2, -0.15) is 14.5 Å². The van der Waals surface area contributed by atoms with Crippen molar-refractivity contribution in [3.8, 4) is 11.4 Å². The normalized spacial score (nSPS) is 13.3. The van der Waals surface area contributed by atoms with Crippen LogP contribution in [-0.4, -0.2) is 41.6 Å². The molecule has 30 heavy (non-hydrogen) atoms. The molecular formula is C21H25N8S+. The van der Waals surface area contributed by atoms with Gasteiger partial charge in [0.2, 0.25) is 4.77 Å². The molecule has 0 saturated carbocycles. The van der Waals surface area contributed by atoms with E-state index in [-0.39, 0.29) is 6.04 Å². The third kappa shape index (κ3) is 3.94. The van der Waals surface area contributed by atoms with Crippen molar-refractivity contribution in [2.75, 3.05) is 7.05 Å². The van der Waals surface area contributed by atoms with E-state index in [0.29, 0.717) is 11.4 Å². The first-order valence-corrected chi connectivity index (χ1v) is 10.2. The lowest BCUT2D eigenvalue weighted by atomic mass is 10.1. The van der Waals surface area contributed by atoms with Crippen molar-refractivity contribution in [2.45, 2.75) is 33.5 Å². The van der Waals surface area contributed by atoms with Crippen LogP contribution in [0.4, 0.5) is 0 Å². The summed E-state index contributed by atoms with van der Waals surface area (Å²) in [4.78, 5) is 5.25. The van der Waals surface area contributed by atoms with Crippen LogP contribution >= 0.6 is 12.2 Å². The van der Waals surface area contributed by atoms with Gasteiger partial charge in [0.25, 0.3) is 0 Å². The van der Waals surface area contributed by atoms with Gasteiger partial charge in [0.15, 0.2) is 6.67 Å². The number of tetrazole rings is 1. The zero-order valence-electron chi connectivity index (χ0n) is 17.5. The van der Waals surface area contributed by atoms with Gasteiger partial charge >= 0.3 is 0 Å². The van der Waals surface area contributed by atoms with Crippen LogP contribution in [0.25, 0.3) is 11.4 Å². The summed E-state index contributed by atoms with van der Waals surface area (Å²) in [5.74, 6) is 0. The van der Waals surface area contributed by atoms with E-state index < -0.39 is 0 Å². The number of aromatic nitrogens is 7. The van der Waals surface area contributed by atoms with E-state index in [1.807, 2.05) is 6.07 Å². The van der Waals surface area contributed by atoms with E-state index in [0.717, 1.165) is 16.9 Å². The zero-order valence-corrected chi connectivity index (χ0v) is 18.3. The van der Waals surface area contributed by atoms with Crippen LogP contribution < -0.4 is 4.90 Å². The van der Waals surface area contributed by atoms with E-state index >= 15 is 0 Å². The number of aryl methyl sites for hydroxylation is 2. The van der Waals surface area contributed by atoms with Gasteiger partial charge in [-0.05, 0) is 67.2 Å². The number of benzene rings is 2. The summed E-state index contributed by atoms with van der Waals surface area (Å²) in [7, 11) is 2.13. The van der Waals surface area contributed by atoms with Gasteiger partial charge in [-0.3, -0.25) is 0 Å². The highest BCUT2D eigenvalue weighted by Gasteiger charge is 2.18. The van der Waals surface area contributed by atoms with Gasteiger partial charge in [-0.25, -0.2) is 9.67 Å². The molecule has 0 aliphatic carbocycles. The Kier molecular flexibility index (Phi) is 5.56. The standard InChI is InChI=1S/C21H24N8S/c1-15-5-10-20(16(2)11-15)29-21(30)28(24-25-29)14-26(4)17(3)18-6-8-19(9-7-18)27-13-22-12-23-27/h5-13,17H,14H2,1-4H3/p+1/t17-/m1/s1. The molecule has 0 saturated heterocycles. The first kappa shape index (κ1) is 20.1. The highest BCUT2D eigenvalue weighted by molar-refractivity contribution is 7.71. The Morgan fingerprint density at radius 2 is 1.83 bits per heavy atom. The van der Waals surface area contributed by atoms with Crippen LogP contribution in [0.2, 0.25) is 0 Å². The molecule has 1 N–H and O–H groups in total. The molecule has 2 atom stereocenters. The molecule has 0 radical (unpaired) electrons. The maximum Gasteiger partial charge on any atom is 0.225 e. The summed E-state index contributed by atoms with van der Waals surface area (Å²) in [6.07, 6.45) is 3.22. The van der Waals surface area contributed by atoms with Gasteiger partial charge in [-0.15, -0.1) is 0 Å². The number of quaternary nitrogens is 1. The Labute approximate surface area is 180 Å². The fourth-order valence-corrected chi connectivity index (χ4v) is 3.72. The Morgan fingerprint density at radius 1 is 1.07 bits per heavy atom. The van der Waals surface area contributed by atoms with Crippen molar-refractivity contribution in [1.82, 2.24) is 34.6 Å². The average molecular weight is 422 g/mol. The highest BCUT2D eigenvalue weighted by atomic mass is 32.1. The molecule has 0 spiro atoms. The molecular weight excluding hydrogens is 396 g/mol. The third-order valence-electron chi connectivity index (χ3n) is 5.43. The summed E-state index contributed by atoms with van der Waals surface area (Å²) in [5, 5.41) is 12.8. The van der Waals surface area contributed by atoms with Crippen LogP contribution in [0.1, 0.15) is 29.7 Å². The quantitative estimate of drug-likeness (QED) is 0.484. The van der Waals surface area contributed by atoms with Crippen molar-refractivity contribution in [1.29, 1.82) is 0 Å². The topological polar surface area (TPSA) is 70.8 Å². The third-order valence-corrected chi connectivity index (χ3v) is 5.82. The van der Waals surface area contributed by atoms with Crippen LogP contribution in [0.5, 0.6) is 0 Å². The Morgan fingerprint density at radius 3 is 2.50 bits per heavy atom. The lowest BCUT2D eigenvalue weighted by Crippen LogP contribution is -3.08. The molecule has 0 bridgehead atoms. The summed E-state index contributed by atoms with van der Waals surface area (Å²) in [5.41, 5.74) is 5.51. The molecule has 0 aliphatic heterocycles. The second-order valence-corrected chi connectivity index (χ2v) is 7.99. The van der Waals surface area contributed by atoms with Crippen molar-refractivity contribution in [3.63, 3.8) is 0 Å². The minimum absolute atomic E-state index is 0.253. The molecule has 9 heteroatoms. The Balaban J connectivity index is 1.50. The number of nitrogens with one attached hydrogen (secondary N) is 1. The van der Waals surface area contributed by atoms with Gasteiger partial charge in [-0.1, -0.05) is 29.8 Å². The average Bonchev–Trinajstić information content (AvgIpc) is 3.39. The van der Waals surface area contributed by atoms with E-state index in [9.17, 15) is 0 Å². The lowest BCUT2D eigenvalue weighted by molar-refractivity contribution is -0.933. The maximum absolute atomic E-state index is 5.66. The van der Waals surface area contributed by atoms with E-state index in [1.54, 1.807) is 20.4 Å². The van der Waals surface area contributed by atoms with Gasteiger partial charge in [0.05, 0.1) is 18.4 Å². The summed E-state index contributed by atoms with van der Waals surface area (Å²) >= 11 is 5.66. The lowest BCUT2D eigenvalue weighted by Gasteiger charge is -2.21. The number of hydrogen-bond donors (Lipinski definition) is 1. The molecule has 2 heterocycles. The molecule has 0 aliphatic rings. The molecule has 0 amide bonds. The van der Waals surface area contributed by atoms with E-state index in [4.69, 9.17) is 12.2 Å². The SMILES string of the molecule is Cc1ccc(-n2nnn(C[NH+](C)[C@H](C)c3ccc(-n4cncn4)cc3)c2=S)c(C)c1. The predicted octanol–water partition coefficient (Wildman–Crippen LogP) is 2.23. The fraction of sp³-hybridized carbons (Fsp3) is 0.286. The zero-order chi connectivity index (χ0) is 21.3. The highest BCUT2D eigenvalue weighted by Crippen LogP contribution is 2.15. The van der Waals surface area contributed by atoms with Gasteiger partial charge in [0, 0.05) is 5.56 Å².